The average Bonchev–Trinajstić information content (AvgIpc) is 3.19. The summed E-state index contributed by atoms with van der Waals surface area (Å²) in [6.45, 7) is -1.87. The first-order valence-corrected chi connectivity index (χ1v) is 9.08. The number of rotatable bonds is 3. The molecule has 0 N–H and O–H groups in total. The topological polar surface area (TPSA) is 4.93 Å². The van der Waals surface area contributed by atoms with Crippen LogP contribution in [0.3, 0.4) is 0 Å². The number of hydrogen-bond donors (Lipinski definition) is 0. The highest BCUT2D eigenvalue weighted by Gasteiger charge is 2.41. The smallest absolute Gasteiger partial charge is 0.389 e. The molecule has 1 aromatic heterocycles. The van der Waals surface area contributed by atoms with Crippen LogP contribution in [0.5, 0.6) is 0 Å². The lowest BCUT2D eigenvalue weighted by Gasteiger charge is -2.22. The summed E-state index contributed by atoms with van der Waals surface area (Å²) >= 11 is 0. The van der Waals surface area contributed by atoms with Crippen LogP contribution in [0.2, 0.25) is 0 Å². The van der Waals surface area contributed by atoms with Gasteiger partial charge in [0.05, 0.1) is 22.3 Å². The summed E-state index contributed by atoms with van der Waals surface area (Å²) in [6, 6.07) is 3.15. The minimum absolute atomic E-state index is 0.191. The van der Waals surface area contributed by atoms with Crippen LogP contribution in [0, 0.1) is 0 Å². The highest BCUT2D eigenvalue weighted by molar-refractivity contribution is 6.83. The van der Waals surface area contributed by atoms with Crippen molar-refractivity contribution in [3.8, 4) is 0 Å². The number of nitrogens with zero attached hydrogens (tertiary/aromatic N) is 1. The van der Waals surface area contributed by atoms with Crippen molar-refractivity contribution in [3.63, 3.8) is 0 Å². The Labute approximate surface area is 183 Å². The Hall–Kier alpha value is -3.06. The van der Waals surface area contributed by atoms with E-state index < -0.39 is 64.7 Å². The molecule has 0 fully saturated rings. The van der Waals surface area contributed by atoms with Crippen LogP contribution in [0.15, 0.2) is 60.9 Å². The van der Waals surface area contributed by atoms with E-state index in [2.05, 4.69) is 0 Å². The number of halogens is 12. The molecule has 0 aliphatic rings. The van der Waals surface area contributed by atoms with Gasteiger partial charge in [-0.1, -0.05) is 24.3 Å². The summed E-state index contributed by atoms with van der Waals surface area (Å²) in [4.78, 5) is 0. The molecule has 0 spiro atoms. The van der Waals surface area contributed by atoms with E-state index in [9.17, 15) is 52.7 Å². The molecule has 0 radical (unpaired) electrons. The van der Waals surface area contributed by atoms with Crippen molar-refractivity contribution < 1.29 is 52.7 Å². The van der Waals surface area contributed by atoms with Crippen LogP contribution >= 0.6 is 0 Å². The van der Waals surface area contributed by atoms with E-state index in [1.165, 1.54) is 12.1 Å². The summed E-state index contributed by atoms with van der Waals surface area (Å²) in [5.74, 6) is 0. The van der Waals surface area contributed by atoms with Crippen molar-refractivity contribution in [2.75, 3.05) is 0 Å². The quantitative estimate of drug-likeness (QED) is 0.296. The van der Waals surface area contributed by atoms with E-state index in [-0.39, 0.29) is 36.4 Å². The van der Waals surface area contributed by atoms with Crippen molar-refractivity contribution in [1.29, 1.82) is 0 Å². The van der Waals surface area contributed by atoms with Crippen LogP contribution < -0.4 is 10.9 Å². The van der Waals surface area contributed by atoms with Gasteiger partial charge in [0, 0.05) is 0 Å². The minimum Gasteiger partial charge on any atom is -0.389 e. The lowest BCUT2D eigenvalue weighted by atomic mass is 9.49. The first-order valence-electron chi connectivity index (χ1n) is 9.08. The minimum atomic E-state index is -5.28. The van der Waals surface area contributed by atoms with Gasteiger partial charge in [0.15, 0.2) is 0 Å². The van der Waals surface area contributed by atoms with E-state index >= 15 is 0 Å². The van der Waals surface area contributed by atoms with Gasteiger partial charge < -0.3 is 4.48 Å². The molecule has 0 bridgehead atoms. The van der Waals surface area contributed by atoms with Gasteiger partial charge in [0.2, 0.25) is 0 Å². The molecule has 2 aromatic carbocycles. The van der Waals surface area contributed by atoms with Gasteiger partial charge in [-0.05, 0) is 47.6 Å². The van der Waals surface area contributed by atoms with Gasteiger partial charge in [-0.15, -0.1) is 0 Å². The zero-order chi connectivity index (χ0) is 25.7. The molecule has 182 valence electrons. The maximum Gasteiger partial charge on any atom is 0.416 e. The Morgan fingerprint density at radius 1 is 0.441 bits per heavy atom. The van der Waals surface area contributed by atoms with Gasteiger partial charge in [-0.25, -0.2) is 0 Å². The fourth-order valence-electron chi connectivity index (χ4n) is 3.33. The molecule has 14 heteroatoms. The summed E-state index contributed by atoms with van der Waals surface area (Å²) in [5.41, 5.74) is -8.69. The van der Waals surface area contributed by atoms with Gasteiger partial charge in [0.25, 0.3) is 0 Å². The SMILES string of the molecule is FC(F)(F)c1cc(B(c2cc(C(F)(F)F)cc(C(F)(F)F)c2)n2cccc2)cc(C(F)(F)F)c1. The number of hydrogen-bond acceptors (Lipinski definition) is 0. The van der Waals surface area contributed by atoms with Gasteiger partial charge in [-0.3, -0.25) is 0 Å². The number of aromatic nitrogens is 1. The molecule has 3 aromatic rings. The van der Waals surface area contributed by atoms with Crippen molar-refractivity contribution >= 4 is 17.8 Å². The van der Waals surface area contributed by atoms with E-state index in [4.69, 9.17) is 0 Å². The third kappa shape index (κ3) is 5.53. The van der Waals surface area contributed by atoms with Gasteiger partial charge in [-0.2, -0.15) is 52.7 Å². The Balaban J connectivity index is 2.37. The van der Waals surface area contributed by atoms with E-state index in [1.807, 2.05) is 0 Å². The molecule has 0 atom stereocenters. The van der Waals surface area contributed by atoms with Crippen molar-refractivity contribution in [1.82, 2.24) is 4.48 Å². The summed E-state index contributed by atoms with van der Waals surface area (Å²) in [6.07, 6.45) is -18.9. The fraction of sp³-hybridized carbons (Fsp3) is 0.200. The third-order valence-electron chi connectivity index (χ3n) is 4.78. The van der Waals surface area contributed by atoms with E-state index in [0.717, 1.165) is 16.9 Å². The second kappa shape index (κ2) is 8.31. The molecule has 0 aliphatic heterocycles. The summed E-state index contributed by atoms with van der Waals surface area (Å²) in [5, 5.41) is 0. The van der Waals surface area contributed by atoms with Crippen molar-refractivity contribution in [2.45, 2.75) is 24.7 Å². The normalized spacial score (nSPS) is 13.3. The largest absolute Gasteiger partial charge is 0.416 e. The third-order valence-corrected chi connectivity index (χ3v) is 4.78. The molecular weight excluding hydrogens is 493 g/mol. The maximum atomic E-state index is 13.3. The Bertz CT molecular complexity index is 1010. The molecule has 0 unspecified atom stereocenters. The van der Waals surface area contributed by atoms with Gasteiger partial charge in [0.1, 0.15) is 0 Å². The molecule has 0 saturated carbocycles. The summed E-state index contributed by atoms with van der Waals surface area (Å²) in [7, 11) is 0. The summed E-state index contributed by atoms with van der Waals surface area (Å²) < 4.78 is 161. The molecule has 3 rings (SSSR count). The Morgan fingerprint density at radius 3 is 0.941 bits per heavy atom. The monoisotopic (exact) mass is 503 g/mol. The van der Waals surface area contributed by atoms with Crippen LogP contribution in [0.25, 0.3) is 0 Å². The van der Waals surface area contributed by atoms with Crippen LogP contribution in [-0.4, -0.2) is 11.3 Å². The maximum absolute atomic E-state index is 13.3. The second-order valence-corrected chi connectivity index (χ2v) is 7.21. The number of alkyl halides is 12. The van der Waals surface area contributed by atoms with E-state index in [1.54, 1.807) is 0 Å². The standard InChI is InChI=1S/C20H10BF12N/c22-17(23,24)11-5-12(18(25,26)27)8-15(7-11)21(34-3-1-2-4-34)16-9-13(19(28,29)30)6-14(10-16)20(31,32)33/h1-10H. The lowest BCUT2D eigenvalue weighted by molar-refractivity contribution is -0.144. The van der Waals surface area contributed by atoms with Crippen molar-refractivity contribution in [2.24, 2.45) is 0 Å². The van der Waals surface area contributed by atoms with Gasteiger partial charge >= 0.3 is 31.6 Å². The fourth-order valence-corrected chi connectivity index (χ4v) is 3.33. The second-order valence-electron chi connectivity index (χ2n) is 7.21. The van der Waals surface area contributed by atoms with Crippen LogP contribution in [0.1, 0.15) is 22.3 Å². The zero-order valence-electron chi connectivity index (χ0n) is 16.3. The van der Waals surface area contributed by atoms with Crippen molar-refractivity contribution in [3.05, 3.63) is 83.2 Å². The highest BCUT2D eigenvalue weighted by atomic mass is 19.4. The lowest BCUT2D eigenvalue weighted by Crippen LogP contribution is -2.49. The first kappa shape index (κ1) is 25.6. The number of benzene rings is 2. The molecule has 0 aliphatic carbocycles. The average molecular weight is 503 g/mol. The Kier molecular flexibility index (Phi) is 6.25. The molecule has 0 amide bonds. The highest BCUT2D eigenvalue weighted by Crippen LogP contribution is 2.36. The molecule has 1 heterocycles. The first-order chi connectivity index (χ1) is 15.4. The predicted octanol–water partition coefficient (Wildman–Crippen LogP) is 6.22. The van der Waals surface area contributed by atoms with Crippen LogP contribution in [-0.2, 0) is 24.7 Å². The zero-order valence-corrected chi connectivity index (χ0v) is 16.3. The Morgan fingerprint density at radius 2 is 0.706 bits per heavy atom. The molecule has 1 nitrogen and oxygen atoms in total. The molecule has 34 heavy (non-hydrogen) atoms. The molecular formula is C20H10BF12N. The molecule has 0 saturated heterocycles. The van der Waals surface area contributed by atoms with E-state index in [0.29, 0.717) is 0 Å². The van der Waals surface area contributed by atoms with Crippen LogP contribution in [0.4, 0.5) is 52.7 Å². The predicted molar refractivity (Wildman–Crippen MR) is 97.7 cm³/mol.